The molecule has 1 spiro atoms. The van der Waals surface area contributed by atoms with E-state index in [1.807, 2.05) is 11.3 Å². The maximum atomic E-state index is 2.50. The molecule has 0 aliphatic heterocycles. The smallest absolute Gasteiger partial charge is 0.0726 e. The fraction of sp³-hybridized carbons (Fsp3) is 0.0182. The lowest BCUT2D eigenvalue weighted by Gasteiger charge is -2.32. The molecule has 0 amide bonds. The summed E-state index contributed by atoms with van der Waals surface area (Å²) in [5.41, 5.74) is 18.4. The Morgan fingerprint density at radius 3 is 1.70 bits per heavy atom. The van der Waals surface area contributed by atoms with Crippen molar-refractivity contribution in [2.24, 2.45) is 0 Å². The average Bonchev–Trinajstić information content (AvgIpc) is 3.91. The highest BCUT2D eigenvalue weighted by Crippen LogP contribution is 2.65. The number of benzene rings is 9. The van der Waals surface area contributed by atoms with Gasteiger partial charge in [0.25, 0.3) is 0 Å². The topological polar surface area (TPSA) is 3.24 Å². The van der Waals surface area contributed by atoms with Gasteiger partial charge in [-0.25, -0.2) is 0 Å². The van der Waals surface area contributed by atoms with Crippen LogP contribution in [-0.4, -0.2) is 0 Å². The Kier molecular flexibility index (Phi) is 7.08. The molecule has 2 heteroatoms. The second kappa shape index (κ2) is 12.5. The van der Waals surface area contributed by atoms with Crippen molar-refractivity contribution in [1.82, 2.24) is 0 Å². The van der Waals surface area contributed by atoms with E-state index in [0.717, 1.165) is 17.1 Å². The molecule has 0 fully saturated rings. The minimum absolute atomic E-state index is 0.465. The van der Waals surface area contributed by atoms with Gasteiger partial charge < -0.3 is 4.90 Å². The molecule has 10 aromatic rings. The summed E-state index contributed by atoms with van der Waals surface area (Å²) in [6.45, 7) is 0. The molecule has 0 saturated carbocycles. The Morgan fingerprint density at radius 2 is 0.912 bits per heavy atom. The molecule has 266 valence electrons. The van der Waals surface area contributed by atoms with Crippen LogP contribution in [0.5, 0.6) is 0 Å². The van der Waals surface area contributed by atoms with Gasteiger partial charge in [-0.2, -0.15) is 0 Å². The van der Waals surface area contributed by atoms with E-state index >= 15 is 0 Å². The second-order valence-electron chi connectivity index (χ2n) is 15.2. The van der Waals surface area contributed by atoms with E-state index in [1.54, 1.807) is 0 Å². The predicted octanol–water partition coefficient (Wildman–Crippen LogP) is 15.2. The summed E-state index contributed by atoms with van der Waals surface area (Å²) >= 11 is 1.93. The monoisotopic (exact) mass is 741 g/mol. The number of nitrogens with zero attached hydrogens (tertiary/aromatic N) is 1. The van der Waals surface area contributed by atoms with Gasteiger partial charge in [0, 0.05) is 42.8 Å². The van der Waals surface area contributed by atoms with Gasteiger partial charge in [0.2, 0.25) is 0 Å². The van der Waals surface area contributed by atoms with E-state index in [4.69, 9.17) is 0 Å². The van der Waals surface area contributed by atoms with Crippen molar-refractivity contribution in [1.29, 1.82) is 0 Å². The van der Waals surface area contributed by atoms with Crippen LogP contribution in [0.4, 0.5) is 17.1 Å². The van der Waals surface area contributed by atoms with Crippen LogP contribution in [0.15, 0.2) is 212 Å². The van der Waals surface area contributed by atoms with Crippen molar-refractivity contribution in [3.05, 3.63) is 235 Å². The predicted molar refractivity (Wildman–Crippen MR) is 241 cm³/mol. The van der Waals surface area contributed by atoms with Gasteiger partial charge in [0.05, 0.1) is 5.41 Å². The van der Waals surface area contributed by atoms with Crippen molar-refractivity contribution in [2.45, 2.75) is 5.41 Å². The quantitative estimate of drug-likeness (QED) is 0.170. The fourth-order valence-corrected chi connectivity index (χ4v) is 11.1. The van der Waals surface area contributed by atoms with E-state index in [9.17, 15) is 0 Å². The van der Waals surface area contributed by atoms with Crippen LogP contribution < -0.4 is 4.90 Å². The van der Waals surface area contributed by atoms with E-state index in [1.165, 1.54) is 86.9 Å². The highest BCUT2D eigenvalue weighted by atomic mass is 32.1. The van der Waals surface area contributed by atoms with Gasteiger partial charge in [0.1, 0.15) is 0 Å². The lowest BCUT2D eigenvalue weighted by Crippen LogP contribution is -2.26. The summed E-state index contributed by atoms with van der Waals surface area (Å²) in [4.78, 5) is 2.44. The summed E-state index contributed by atoms with van der Waals surface area (Å²) in [7, 11) is 0. The van der Waals surface area contributed by atoms with Gasteiger partial charge in [-0.3, -0.25) is 0 Å². The summed E-state index contributed by atoms with van der Waals surface area (Å²) in [6.07, 6.45) is 0. The Morgan fingerprint density at radius 1 is 0.333 bits per heavy atom. The minimum atomic E-state index is -0.465. The molecule has 57 heavy (non-hydrogen) atoms. The first-order chi connectivity index (χ1) is 28.3. The molecule has 0 saturated heterocycles. The third kappa shape index (κ3) is 4.68. The van der Waals surface area contributed by atoms with Crippen LogP contribution in [0.2, 0.25) is 0 Å². The number of rotatable bonds is 5. The SMILES string of the molecule is c1ccc(-c2ccc(N(c3cccc(-c4ccccc4)c3)c3ccc4c(c3)C3(c5ccccc5-4)c4ccccc4-c4c3ccc3c4sc4ccccc43)cc2)cc1. The molecular formula is C55H35NS. The Hall–Kier alpha value is -7.00. The van der Waals surface area contributed by atoms with Crippen molar-refractivity contribution in [3.63, 3.8) is 0 Å². The lowest BCUT2D eigenvalue weighted by molar-refractivity contribution is 0.794. The zero-order chi connectivity index (χ0) is 37.5. The number of fused-ring (bicyclic) bond motifs is 14. The first-order valence-electron chi connectivity index (χ1n) is 19.7. The maximum Gasteiger partial charge on any atom is 0.0726 e. The first-order valence-corrected chi connectivity index (χ1v) is 20.5. The Labute approximate surface area is 336 Å². The second-order valence-corrected chi connectivity index (χ2v) is 16.3. The zero-order valence-electron chi connectivity index (χ0n) is 31.1. The third-order valence-electron chi connectivity index (χ3n) is 12.3. The molecule has 12 rings (SSSR count). The van der Waals surface area contributed by atoms with Gasteiger partial charge in [-0.05, 0) is 104 Å². The van der Waals surface area contributed by atoms with E-state index in [0.29, 0.717) is 0 Å². The fourth-order valence-electron chi connectivity index (χ4n) is 9.86. The minimum Gasteiger partial charge on any atom is -0.310 e. The van der Waals surface area contributed by atoms with E-state index in [-0.39, 0.29) is 0 Å². The standard InChI is InChI=1S/C55H35NS/c1-3-14-36(15-4-1)38-26-28-40(29-27-38)56(41-19-13-18-39(34-41)37-16-5-2-6-17-37)42-30-31-44-43-20-7-10-23-48(43)55(51(44)35-42)49-24-11-8-22-47(49)53-50(55)33-32-46-45-21-9-12-25-52(45)57-54(46)53/h1-35H. The molecule has 1 nitrogen and oxygen atoms in total. The van der Waals surface area contributed by atoms with Crippen LogP contribution >= 0.6 is 11.3 Å². The van der Waals surface area contributed by atoms with Crippen molar-refractivity contribution < 1.29 is 0 Å². The van der Waals surface area contributed by atoms with Gasteiger partial charge in [-0.15, -0.1) is 11.3 Å². The summed E-state index contributed by atoms with van der Waals surface area (Å²) < 4.78 is 2.71. The molecule has 0 radical (unpaired) electrons. The van der Waals surface area contributed by atoms with Crippen molar-refractivity contribution >= 4 is 48.6 Å². The molecule has 0 N–H and O–H groups in total. The average molecular weight is 742 g/mol. The molecule has 0 bridgehead atoms. The van der Waals surface area contributed by atoms with Crippen LogP contribution in [0.1, 0.15) is 22.3 Å². The lowest BCUT2D eigenvalue weighted by atomic mass is 9.70. The molecule has 1 aromatic heterocycles. The number of anilines is 3. The van der Waals surface area contributed by atoms with Crippen molar-refractivity contribution in [3.8, 4) is 44.5 Å². The molecule has 1 atom stereocenters. The van der Waals surface area contributed by atoms with Gasteiger partial charge in [-0.1, -0.05) is 170 Å². The molecule has 2 aliphatic rings. The zero-order valence-corrected chi connectivity index (χ0v) is 31.9. The first kappa shape index (κ1) is 32.3. The number of hydrogen-bond acceptors (Lipinski definition) is 2. The van der Waals surface area contributed by atoms with Gasteiger partial charge >= 0.3 is 0 Å². The third-order valence-corrected chi connectivity index (χ3v) is 13.5. The van der Waals surface area contributed by atoms with Gasteiger partial charge in [0.15, 0.2) is 0 Å². The normalized spacial score (nSPS) is 14.7. The maximum absolute atomic E-state index is 2.50. The van der Waals surface area contributed by atoms with Crippen LogP contribution in [0.25, 0.3) is 64.7 Å². The summed E-state index contributed by atoms with van der Waals surface area (Å²) in [5.74, 6) is 0. The number of hydrogen-bond donors (Lipinski definition) is 0. The van der Waals surface area contributed by atoms with Crippen LogP contribution in [0, 0.1) is 0 Å². The highest BCUT2D eigenvalue weighted by Gasteiger charge is 2.52. The molecule has 1 heterocycles. The Balaban J connectivity index is 1.11. The van der Waals surface area contributed by atoms with Crippen LogP contribution in [-0.2, 0) is 5.41 Å². The van der Waals surface area contributed by atoms with E-state index < -0.39 is 5.41 Å². The summed E-state index contributed by atoms with van der Waals surface area (Å²) in [6, 6.07) is 78.6. The largest absolute Gasteiger partial charge is 0.310 e. The molecule has 2 aliphatic carbocycles. The van der Waals surface area contributed by atoms with Crippen LogP contribution in [0.3, 0.4) is 0 Å². The molecule has 9 aromatic carbocycles. The summed E-state index contributed by atoms with van der Waals surface area (Å²) in [5, 5.41) is 2.67. The molecular weight excluding hydrogens is 707 g/mol. The number of thiophene rings is 1. The van der Waals surface area contributed by atoms with Crippen molar-refractivity contribution in [2.75, 3.05) is 4.90 Å². The van der Waals surface area contributed by atoms with E-state index in [2.05, 4.69) is 217 Å². The highest BCUT2D eigenvalue weighted by molar-refractivity contribution is 7.26. The Bertz CT molecular complexity index is 3180. The molecule has 1 unspecified atom stereocenters.